The summed E-state index contributed by atoms with van der Waals surface area (Å²) in [6.07, 6.45) is 11.8. The first kappa shape index (κ1) is 11.1. The van der Waals surface area contributed by atoms with E-state index in [1.807, 2.05) is 41.8 Å². The highest BCUT2D eigenvalue weighted by Gasteiger charge is 2.35. The second kappa shape index (κ2) is 5.09. The van der Waals surface area contributed by atoms with Crippen LogP contribution in [0.4, 0.5) is 0 Å². The van der Waals surface area contributed by atoms with E-state index in [0.29, 0.717) is 0 Å². The summed E-state index contributed by atoms with van der Waals surface area (Å²) in [5, 5.41) is 10.9. The van der Waals surface area contributed by atoms with Gasteiger partial charge >= 0.3 is 0 Å². The average Bonchev–Trinajstić information content (AvgIpc) is 2.59. The van der Waals surface area contributed by atoms with E-state index < -0.39 is 0 Å². The topological polar surface area (TPSA) is 29.7 Å². The first-order chi connectivity index (χ1) is 7.87. The lowest BCUT2D eigenvalue weighted by Crippen LogP contribution is -2.62. The van der Waals surface area contributed by atoms with Crippen LogP contribution in [0.5, 0.6) is 0 Å². The molecule has 2 aliphatic heterocycles. The minimum atomic E-state index is 0.807. The third-order valence-corrected chi connectivity index (χ3v) is 2.96. The summed E-state index contributed by atoms with van der Waals surface area (Å²) in [7, 11) is 0. The van der Waals surface area contributed by atoms with Crippen LogP contribution in [0, 0.1) is 0 Å². The molecule has 4 nitrogen and oxygen atoms in total. The summed E-state index contributed by atoms with van der Waals surface area (Å²) in [5.41, 5.74) is 0. The molecule has 0 unspecified atom stereocenters. The fraction of sp³-hybridized carbons (Fsp3) is 0.417. The first-order valence-electron chi connectivity index (χ1n) is 5.65. The van der Waals surface area contributed by atoms with Crippen molar-refractivity contribution in [1.82, 2.24) is 10.4 Å². The molecule has 0 spiro atoms. The molecule has 2 heterocycles. The van der Waals surface area contributed by atoms with Crippen molar-refractivity contribution in [3.8, 4) is 0 Å². The monoisotopic (exact) mass is 218 g/mol. The molecular formula is C12H18N4+. The quantitative estimate of drug-likeness (QED) is 0.511. The number of hydrogen-bond donors (Lipinski definition) is 0. The highest BCUT2D eigenvalue weighted by molar-refractivity contribution is 5.71. The largest absolute Gasteiger partial charge is 0.230 e. The van der Waals surface area contributed by atoms with Gasteiger partial charge in [0.15, 0.2) is 0 Å². The molecule has 0 aromatic carbocycles. The lowest BCUT2D eigenvalue weighted by atomic mass is 10.3. The Morgan fingerprint density at radius 2 is 2.06 bits per heavy atom. The molecule has 16 heavy (non-hydrogen) atoms. The molecule has 0 aromatic rings. The Balaban J connectivity index is 2.20. The molecule has 0 amide bonds. The van der Waals surface area contributed by atoms with Crippen LogP contribution in [0.15, 0.2) is 42.2 Å². The standard InChI is InChI=1S/C12H18N4/c1-2-10-16(11-7-13-8-12-16)15-9-5-3-4-6-14-15/h2-6,9H,1,7-8,10-12H2/q+1. The van der Waals surface area contributed by atoms with E-state index in [0.717, 1.165) is 37.3 Å². The highest BCUT2D eigenvalue weighted by Crippen LogP contribution is 2.17. The Hall–Kier alpha value is -1.39. The summed E-state index contributed by atoms with van der Waals surface area (Å²) in [6.45, 7) is 8.55. The van der Waals surface area contributed by atoms with Crippen LogP contribution in [-0.2, 0) is 0 Å². The van der Waals surface area contributed by atoms with Gasteiger partial charge in [0.25, 0.3) is 0 Å². The zero-order valence-electron chi connectivity index (χ0n) is 9.50. The minimum absolute atomic E-state index is 0.807. The average molecular weight is 218 g/mol. The lowest BCUT2D eigenvalue weighted by Gasteiger charge is -2.43. The van der Waals surface area contributed by atoms with Gasteiger partial charge in [-0.05, 0) is 18.2 Å². The molecule has 1 radical (unpaired) electrons. The van der Waals surface area contributed by atoms with E-state index in [4.69, 9.17) is 0 Å². The Morgan fingerprint density at radius 1 is 1.25 bits per heavy atom. The van der Waals surface area contributed by atoms with Gasteiger partial charge in [-0.2, -0.15) is 4.59 Å². The Labute approximate surface area is 96.8 Å². The van der Waals surface area contributed by atoms with Crippen molar-refractivity contribution in [2.24, 2.45) is 5.10 Å². The third-order valence-electron chi connectivity index (χ3n) is 2.96. The fourth-order valence-corrected chi connectivity index (χ4v) is 2.09. The Bertz CT molecular complexity index is 308. The van der Waals surface area contributed by atoms with Crippen LogP contribution >= 0.6 is 0 Å². The summed E-state index contributed by atoms with van der Waals surface area (Å²) < 4.78 is 0.807. The number of allylic oxidation sites excluding steroid dienone is 3. The van der Waals surface area contributed by atoms with Crippen LogP contribution in [0.3, 0.4) is 0 Å². The van der Waals surface area contributed by atoms with E-state index in [9.17, 15) is 0 Å². The van der Waals surface area contributed by atoms with Gasteiger partial charge in [0.05, 0.1) is 25.5 Å². The van der Waals surface area contributed by atoms with E-state index in [1.54, 1.807) is 0 Å². The molecule has 0 aromatic heterocycles. The van der Waals surface area contributed by atoms with E-state index in [1.165, 1.54) is 0 Å². The predicted octanol–water partition coefficient (Wildman–Crippen LogP) is 0.893. The number of quaternary nitrogens is 1. The molecule has 0 aliphatic carbocycles. The molecular weight excluding hydrogens is 200 g/mol. The van der Waals surface area contributed by atoms with Gasteiger partial charge in [0.2, 0.25) is 0 Å². The van der Waals surface area contributed by atoms with Crippen molar-refractivity contribution in [3.05, 3.63) is 37.1 Å². The molecule has 2 aliphatic rings. The van der Waals surface area contributed by atoms with Gasteiger partial charge in [-0.3, -0.25) is 0 Å². The van der Waals surface area contributed by atoms with Gasteiger partial charge in [0.1, 0.15) is 19.6 Å². The van der Waals surface area contributed by atoms with Gasteiger partial charge in [-0.1, -0.05) is 12.7 Å². The third kappa shape index (κ3) is 2.23. The maximum Gasteiger partial charge on any atom is 0.121 e. The number of rotatable bonds is 3. The minimum Gasteiger partial charge on any atom is -0.230 e. The van der Waals surface area contributed by atoms with Crippen LogP contribution in [0.2, 0.25) is 0 Å². The van der Waals surface area contributed by atoms with Crippen LogP contribution < -0.4 is 5.32 Å². The van der Waals surface area contributed by atoms with Crippen molar-refractivity contribution >= 4 is 6.21 Å². The maximum absolute atomic E-state index is 4.46. The summed E-state index contributed by atoms with van der Waals surface area (Å²) in [6, 6.07) is 0. The second-order valence-corrected chi connectivity index (χ2v) is 4.00. The van der Waals surface area contributed by atoms with Crippen molar-refractivity contribution in [2.75, 3.05) is 32.7 Å². The van der Waals surface area contributed by atoms with Crippen molar-refractivity contribution in [1.29, 1.82) is 0 Å². The van der Waals surface area contributed by atoms with Crippen LogP contribution in [-0.4, -0.2) is 48.6 Å². The number of hydrogen-bond acceptors (Lipinski definition) is 2. The number of piperazine rings is 1. The van der Waals surface area contributed by atoms with Gasteiger partial charge in [0, 0.05) is 0 Å². The molecule has 1 saturated heterocycles. The van der Waals surface area contributed by atoms with Crippen LogP contribution in [0.25, 0.3) is 0 Å². The zero-order chi connectivity index (χ0) is 11.3. The van der Waals surface area contributed by atoms with Crippen molar-refractivity contribution in [2.45, 2.75) is 0 Å². The highest BCUT2D eigenvalue weighted by atomic mass is 15.9. The molecule has 2 rings (SSSR count). The van der Waals surface area contributed by atoms with Crippen molar-refractivity contribution in [3.63, 3.8) is 0 Å². The molecule has 0 bridgehead atoms. The van der Waals surface area contributed by atoms with Crippen LogP contribution in [0.1, 0.15) is 0 Å². The molecule has 4 heteroatoms. The van der Waals surface area contributed by atoms with Gasteiger partial charge < -0.3 is 0 Å². The lowest BCUT2D eigenvalue weighted by molar-refractivity contribution is -1.02. The normalized spacial score (nSPS) is 23.1. The van der Waals surface area contributed by atoms with E-state index >= 15 is 0 Å². The summed E-state index contributed by atoms with van der Waals surface area (Å²) >= 11 is 0. The first-order valence-corrected chi connectivity index (χ1v) is 5.65. The van der Waals surface area contributed by atoms with Gasteiger partial charge in [-0.15, -0.1) is 10.2 Å². The number of hydrazone groups is 1. The van der Waals surface area contributed by atoms with Gasteiger partial charge in [-0.25, -0.2) is 5.32 Å². The zero-order valence-corrected chi connectivity index (χ0v) is 9.50. The predicted molar refractivity (Wildman–Crippen MR) is 65.5 cm³/mol. The Morgan fingerprint density at radius 3 is 2.81 bits per heavy atom. The SMILES string of the molecule is C=CC[N+]1(N2C=CC=CC=N2)CC[N]CC1. The molecule has 85 valence electrons. The van der Waals surface area contributed by atoms with E-state index in [-0.39, 0.29) is 0 Å². The second-order valence-electron chi connectivity index (χ2n) is 4.00. The maximum atomic E-state index is 4.46. The van der Waals surface area contributed by atoms with Crippen molar-refractivity contribution < 1.29 is 4.59 Å². The molecule has 1 fully saturated rings. The number of nitrogens with zero attached hydrogens (tertiary/aromatic N) is 4. The van der Waals surface area contributed by atoms with E-state index in [2.05, 4.69) is 17.0 Å². The fourth-order valence-electron chi connectivity index (χ4n) is 2.09. The summed E-state index contributed by atoms with van der Waals surface area (Å²) in [5.74, 6) is 0. The Kier molecular flexibility index (Phi) is 3.54. The molecule has 0 atom stereocenters. The smallest absolute Gasteiger partial charge is 0.121 e. The summed E-state index contributed by atoms with van der Waals surface area (Å²) in [4.78, 5) is 0. The molecule has 0 saturated carbocycles. The molecule has 0 N–H and O–H groups in total.